The standard InChI is InChI=1S/C19H30N2O6S/c1-14-11-17(26-4)18(12-15(14)2)28(23,24)20-16-5-7-21(8-6-16)19(22)13-27-10-9-25-3/h11-12,16,20H,5-10,13H2,1-4H3. The zero-order chi connectivity index (χ0) is 20.7. The first-order valence-electron chi connectivity index (χ1n) is 9.30. The topological polar surface area (TPSA) is 94.2 Å². The van der Waals surface area contributed by atoms with Crippen LogP contribution in [0.5, 0.6) is 5.75 Å². The molecule has 0 radical (unpaired) electrons. The summed E-state index contributed by atoms with van der Waals surface area (Å²) in [7, 11) is -0.683. The molecule has 1 aromatic carbocycles. The minimum atomic E-state index is -3.72. The molecule has 1 saturated heterocycles. The van der Waals surface area contributed by atoms with Crippen LogP contribution in [-0.2, 0) is 24.3 Å². The zero-order valence-corrected chi connectivity index (χ0v) is 17.8. The van der Waals surface area contributed by atoms with Crippen LogP contribution in [0.4, 0.5) is 0 Å². The van der Waals surface area contributed by atoms with Crippen molar-refractivity contribution >= 4 is 15.9 Å². The number of benzene rings is 1. The number of rotatable bonds is 9. The second-order valence-corrected chi connectivity index (χ2v) is 8.59. The summed E-state index contributed by atoms with van der Waals surface area (Å²) in [6.45, 7) is 5.59. The SMILES string of the molecule is COCCOCC(=O)N1CCC(NS(=O)(=O)c2cc(C)c(C)cc2OC)CC1. The number of aryl methyl sites for hydroxylation is 2. The number of amides is 1. The maximum Gasteiger partial charge on any atom is 0.248 e. The predicted octanol–water partition coefficient (Wildman–Crippen LogP) is 1.24. The summed E-state index contributed by atoms with van der Waals surface area (Å²) >= 11 is 0. The van der Waals surface area contributed by atoms with E-state index >= 15 is 0 Å². The first kappa shape index (κ1) is 22.6. The number of sulfonamides is 1. The van der Waals surface area contributed by atoms with Gasteiger partial charge in [-0.2, -0.15) is 0 Å². The third-order valence-electron chi connectivity index (χ3n) is 4.90. The van der Waals surface area contributed by atoms with Crippen LogP contribution in [0.3, 0.4) is 0 Å². The lowest BCUT2D eigenvalue weighted by atomic mass is 10.1. The molecule has 1 fully saturated rings. The molecule has 28 heavy (non-hydrogen) atoms. The van der Waals surface area contributed by atoms with Crippen LogP contribution in [0.1, 0.15) is 24.0 Å². The van der Waals surface area contributed by atoms with Gasteiger partial charge in [-0.15, -0.1) is 0 Å². The maximum atomic E-state index is 12.9. The molecule has 0 saturated carbocycles. The Hall–Kier alpha value is -1.68. The Morgan fingerprint density at radius 2 is 1.79 bits per heavy atom. The number of likely N-dealkylation sites (tertiary alicyclic amines) is 1. The molecule has 1 heterocycles. The fraction of sp³-hybridized carbons (Fsp3) is 0.632. The minimum Gasteiger partial charge on any atom is -0.495 e. The van der Waals surface area contributed by atoms with E-state index < -0.39 is 10.0 Å². The van der Waals surface area contributed by atoms with E-state index in [9.17, 15) is 13.2 Å². The van der Waals surface area contributed by atoms with E-state index in [1.165, 1.54) is 7.11 Å². The first-order valence-corrected chi connectivity index (χ1v) is 10.8. The maximum absolute atomic E-state index is 12.9. The number of hydrogen-bond acceptors (Lipinski definition) is 6. The van der Waals surface area contributed by atoms with Crippen LogP contribution in [0.2, 0.25) is 0 Å². The van der Waals surface area contributed by atoms with Crippen molar-refractivity contribution in [3.63, 3.8) is 0 Å². The monoisotopic (exact) mass is 414 g/mol. The van der Waals surface area contributed by atoms with Gasteiger partial charge in [0, 0.05) is 26.2 Å². The summed E-state index contributed by atoms with van der Waals surface area (Å²) in [5, 5.41) is 0. The summed E-state index contributed by atoms with van der Waals surface area (Å²) in [6.07, 6.45) is 1.10. The summed E-state index contributed by atoms with van der Waals surface area (Å²) in [6, 6.07) is 3.14. The number of piperidine rings is 1. The van der Waals surface area contributed by atoms with Crippen LogP contribution >= 0.6 is 0 Å². The van der Waals surface area contributed by atoms with Crippen molar-refractivity contribution in [3.05, 3.63) is 23.3 Å². The summed E-state index contributed by atoms with van der Waals surface area (Å²) in [5.74, 6) is 0.240. The van der Waals surface area contributed by atoms with Gasteiger partial charge in [-0.3, -0.25) is 4.79 Å². The highest BCUT2D eigenvalue weighted by atomic mass is 32.2. The lowest BCUT2D eigenvalue weighted by Crippen LogP contribution is -2.47. The molecule has 2 rings (SSSR count). The van der Waals surface area contributed by atoms with Gasteiger partial charge in [-0.25, -0.2) is 13.1 Å². The van der Waals surface area contributed by atoms with Crippen LogP contribution in [0.25, 0.3) is 0 Å². The fourth-order valence-corrected chi connectivity index (χ4v) is 4.60. The molecule has 0 aliphatic carbocycles. The van der Waals surface area contributed by atoms with Crippen molar-refractivity contribution in [1.82, 2.24) is 9.62 Å². The summed E-state index contributed by atoms with van der Waals surface area (Å²) in [4.78, 5) is 14.0. The average Bonchev–Trinajstić information content (AvgIpc) is 2.67. The highest BCUT2D eigenvalue weighted by molar-refractivity contribution is 7.89. The van der Waals surface area contributed by atoms with E-state index in [4.69, 9.17) is 14.2 Å². The van der Waals surface area contributed by atoms with Gasteiger partial charge < -0.3 is 19.1 Å². The molecule has 0 spiro atoms. The molecule has 1 amide bonds. The Bertz CT molecular complexity index is 773. The molecule has 9 heteroatoms. The molecule has 1 N–H and O–H groups in total. The average molecular weight is 415 g/mol. The highest BCUT2D eigenvalue weighted by Crippen LogP contribution is 2.28. The Kier molecular flexibility index (Phi) is 8.23. The van der Waals surface area contributed by atoms with Crippen molar-refractivity contribution < 1.29 is 27.4 Å². The highest BCUT2D eigenvalue weighted by Gasteiger charge is 2.28. The number of ether oxygens (including phenoxy) is 3. The number of hydrogen-bond donors (Lipinski definition) is 1. The number of nitrogens with one attached hydrogen (secondary N) is 1. The quantitative estimate of drug-likeness (QED) is 0.611. The summed E-state index contributed by atoms with van der Waals surface area (Å²) in [5.41, 5.74) is 1.85. The number of nitrogens with zero attached hydrogens (tertiary/aromatic N) is 1. The van der Waals surface area contributed by atoms with E-state index in [0.29, 0.717) is 44.9 Å². The van der Waals surface area contributed by atoms with E-state index in [1.54, 1.807) is 24.1 Å². The lowest BCUT2D eigenvalue weighted by Gasteiger charge is -2.32. The Morgan fingerprint density at radius 1 is 1.14 bits per heavy atom. The molecule has 1 aromatic rings. The van der Waals surface area contributed by atoms with E-state index in [1.807, 2.05) is 13.8 Å². The zero-order valence-electron chi connectivity index (χ0n) is 17.0. The molecule has 8 nitrogen and oxygen atoms in total. The predicted molar refractivity (Wildman–Crippen MR) is 105 cm³/mol. The smallest absolute Gasteiger partial charge is 0.248 e. The number of methoxy groups -OCH3 is 2. The Labute approximate surface area is 167 Å². The van der Waals surface area contributed by atoms with Gasteiger partial charge in [0.25, 0.3) is 0 Å². The van der Waals surface area contributed by atoms with E-state index in [-0.39, 0.29) is 23.5 Å². The van der Waals surface area contributed by atoms with E-state index in [0.717, 1.165) is 11.1 Å². The molecule has 0 bridgehead atoms. The lowest BCUT2D eigenvalue weighted by molar-refractivity contribution is -0.137. The van der Waals surface area contributed by atoms with Crippen LogP contribution in [0.15, 0.2) is 17.0 Å². The molecule has 1 aliphatic heterocycles. The van der Waals surface area contributed by atoms with Gasteiger partial charge >= 0.3 is 0 Å². The first-order chi connectivity index (χ1) is 13.3. The molecular formula is C19H30N2O6S. The Morgan fingerprint density at radius 3 is 2.39 bits per heavy atom. The summed E-state index contributed by atoms with van der Waals surface area (Å²) < 4.78 is 43.9. The largest absolute Gasteiger partial charge is 0.495 e. The van der Waals surface area contributed by atoms with Crippen LogP contribution in [0, 0.1) is 13.8 Å². The van der Waals surface area contributed by atoms with Gasteiger partial charge in [0.15, 0.2) is 0 Å². The number of carbonyl (C=O) groups excluding carboxylic acids is 1. The van der Waals surface area contributed by atoms with Crippen molar-refractivity contribution in [3.8, 4) is 5.75 Å². The van der Waals surface area contributed by atoms with Gasteiger partial charge in [-0.05, 0) is 49.9 Å². The molecule has 158 valence electrons. The molecule has 0 aromatic heterocycles. The van der Waals surface area contributed by atoms with Gasteiger partial charge in [0.2, 0.25) is 15.9 Å². The van der Waals surface area contributed by atoms with Crippen LogP contribution in [-0.4, -0.2) is 72.4 Å². The third kappa shape index (κ3) is 5.91. The number of carbonyl (C=O) groups is 1. The Balaban J connectivity index is 1.93. The van der Waals surface area contributed by atoms with Crippen LogP contribution < -0.4 is 9.46 Å². The molecular weight excluding hydrogens is 384 g/mol. The fourth-order valence-electron chi connectivity index (χ4n) is 3.06. The minimum absolute atomic E-state index is 0.0135. The molecule has 0 atom stereocenters. The van der Waals surface area contributed by atoms with Gasteiger partial charge in [-0.1, -0.05) is 0 Å². The molecule has 0 unspecified atom stereocenters. The second-order valence-electron chi connectivity index (χ2n) is 6.91. The van der Waals surface area contributed by atoms with Crippen molar-refractivity contribution in [2.75, 3.05) is 47.1 Å². The normalized spacial score (nSPS) is 15.6. The van der Waals surface area contributed by atoms with Gasteiger partial charge in [0.1, 0.15) is 17.3 Å². The van der Waals surface area contributed by atoms with Crippen molar-refractivity contribution in [2.45, 2.75) is 37.6 Å². The third-order valence-corrected chi connectivity index (χ3v) is 6.44. The van der Waals surface area contributed by atoms with Gasteiger partial charge in [0.05, 0.1) is 20.3 Å². The second kappa shape index (κ2) is 10.2. The van der Waals surface area contributed by atoms with Crippen molar-refractivity contribution in [2.24, 2.45) is 0 Å². The van der Waals surface area contributed by atoms with Crippen molar-refractivity contribution in [1.29, 1.82) is 0 Å². The molecule has 1 aliphatic rings. The van der Waals surface area contributed by atoms with E-state index in [2.05, 4.69) is 4.72 Å².